The lowest BCUT2D eigenvalue weighted by Crippen LogP contribution is -2.43. The van der Waals surface area contributed by atoms with Gasteiger partial charge in [0.15, 0.2) is 5.96 Å². The number of carbonyl (C=O) groups is 1. The molecule has 7 heteroatoms. The smallest absolute Gasteiger partial charge is 0.248 e. The van der Waals surface area contributed by atoms with E-state index in [1.807, 2.05) is 23.1 Å². The molecule has 1 atom stereocenters. The van der Waals surface area contributed by atoms with Gasteiger partial charge in [-0.3, -0.25) is 14.7 Å². The number of fused-ring (bicyclic) bond motifs is 2. The summed E-state index contributed by atoms with van der Waals surface area (Å²) in [6.45, 7) is 3.63. The zero-order valence-corrected chi connectivity index (χ0v) is 16.1. The Bertz CT molecular complexity index is 811. The molecule has 0 aliphatic carbocycles. The van der Waals surface area contributed by atoms with Gasteiger partial charge in [-0.15, -0.1) is 0 Å². The second-order valence-electron chi connectivity index (χ2n) is 7.52. The van der Waals surface area contributed by atoms with E-state index in [2.05, 4.69) is 39.1 Å². The van der Waals surface area contributed by atoms with Crippen LogP contribution < -0.4 is 11.5 Å². The molecule has 0 saturated carbocycles. The minimum atomic E-state index is 0.160. The largest absolute Gasteiger partial charge is 0.370 e. The summed E-state index contributed by atoms with van der Waals surface area (Å²) in [5, 5.41) is 0. The number of nitrogens with two attached hydrogens (primary N) is 2. The highest BCUT2D eigenvalue weighted by atomic mass is 16.2. The fraction of sp³-hybridized carbons (Fsp3) is 0.429. The van der Waals surface area contributed by atoms with Gasteiger partial charge in [-0.2, -0.15) is 0 Å². The number of nitrogens with zero attached hydrogens (tertiary/aromatic N) is 4. The van der Waals surface area contributed by atoms with Gasteiger partial charge in [0.25, 0.3) is 0 Å². The van der Waals surface area contributed by atoms with Gasteiger partial charge in [-0.05, 0) is 30.9 Å². The zero-order valence-electron chi connectivity index (χ0n) is 16.1. The number of amides is 1. The number of benzene rings is 1. The number of carbonyl (C=O) groups excluding carboxylic acids is 1. The topological polar surface area (TPSA) is 91.2 Å². The van der Waals surface area contributed by atoms with Gasteiger partial charge in [0.1, 0.15) is 5.82 Å². The number of aliphatic imine (C=N–C) groups is 1. The van der Waals surface area contributed by atoms with Crippen LogP contribution in [0, 0.1) is 0 Å². The van der Waals surface area contributed by atoms with Crippen LogP contribution in [0.2, 0.25) is 0 Å². The summed E-state index contributed by atoms with van der Waals surface area (Å²) in [6, 6.07) is 10.6. The Balaban J connectivity index is 1.46. The number of hydrogen-bond acceptors (Lipinski definition) is 4. The van der Waals surface area contributed by atoms with Crippen molar-refractivity contribution in [1.82, 2.24) is 14.7 Å². The molecule has 28 heavy (non-hydrogen) atoms. The summed E-state index contributed by atoms with van der Waals surface area (Å²) < 4.78 is 0. The number of guanidine groups is 1. The molecule has 1 unspecified atom stereocenters. The summed E-state index contributed by atoms with van der Waals surface area (Å²) in [4.78, 5) is 23.4. The number of allylic oxidation sites excluding steroid dienone is 1. The Morgan fingerprint density at radius 1 is 1.14 bits per heavy atom. The van der Waals surface area contributed by atoms with Crippen LogP contribution in [-0.2, 0) is 11.3 Å². The van der Waals surface area contributed by atoms with Crippen LogP contribution in [0.3, 0.4) is 0 Å². The molecule has 7 nitrogen and oxygen atoms in total. The summed E-state index contributed by atoms with van der Waals surface area (Å²) >= 11 is 0. The van der Waals surface area contributed by atoms with Gasteiger partial charge < -0.3 is 21.3 Å². The van der Waals surface area contributed by atoms with Gasteiger partial charge in [0, 0.05) is 25.7 Å². The second kappa shape index (κ2) is 7.96. The van der Waals surface area contributed by atoms with E-state index in [1.165, 1.54) is 5.70 Å². The van der Waals surface area contributed by atoms with Crippen molar-refractivity contribution in [2.45, 2.75) is 31.8 Å². The highest BCUT2D eigenvalue weighted by Crippen LogP contribution is 2.35. The van der Waals surface area contributed by atoms with E-state index in [1.54, 1.807) is 0 Å². The Kier molecular flexibility index (Phi) is 5.23. The SMILES string of the molecule is NC(N)=NCCCCC1C=CC2=C3N(CCN21)CC(=O)N3Cc1ccccc1. The molecule has 4 N–H and O–H groups in total. The molecule has 1 fully saturated rings. The van der Waals surface area contributed by atoms with Gasteiger partial charge in [0.2, 0.25) is 5.91 Å². The molecule has 1 aromatic carbocycles. The van der Waals surface area contributed by atoms with Crippen molar-refractivity contribution in [2.75, 3.05) is 26.2 Å². The lowest BCUT2D eigenvalue weighted by molar-refractivity contribution is -0.126. The van der Waals surface area contributed by atoms with E-state index in [0.717, 1.165) is 43.7 Å². The van der Waals surface area contributed by atoms with E-state index >= 15 is 0 Å². The quantitative estimate of drug-likeness (QED) is 0.421. The number of rotatable bonds is 7. The Morgan fingerprint density at radius 3 is 2.75 bits per heavy atom. The fourth-order valence-corrected chi connectivity index (χ4v) is 4.25. The average molecular weight is 380 g/mol. The summed E-state index contributed by atoms with van der Waals surface area (Å²) in [6.07, 6.45) is 7.59. The number of unbranched alkanes of at least 4 members (excludes halogenated alkanes) is 1. The Morgan fingerprint density at radius 2 is 1.96 bits per heavy atom. The molecule has 1 aromatic rings. The Labute approximate surface area is 166 Å². The predicted molar refractivity (Wildman–Crippen MR) is 110 cm³/mol. The van der Waals surface area contributed by atoms with Crippen LogP contribution in [0.1, 0.15) is 24.8 Å². The minimum Gasteiger partial charge on any atom is -0.370 e. The lowest BCUT2D eigenvalue weighted by atomic mass is 10.1. The number of hydrogen-bond donors (Lipinski definition) is 2. The third-order valence-electron chi connectivity index (χ3n) is 5.59. The maximum Gasteiger partial charge on any atom is 0.248 e. The molecule has 3 heterocycles. The van der Waals surface area contributed by atoms with Crippen molar-refractivity contribution in [3.63, 3.8) is 0 Å². The normalized spacial score (nSPS) is 20.6. The van der Waals surface area contributed by atoms with Crippen LogP contribution in [0.15, 0.2) is 59.0 Å². The molecule has 1 saturated heterocycles. The maximum absolute atomic E-state index is 12.7. The highest BCUT2D eigenvalue weighted by Gasteiger charge is 2.40. The fourth-order valence-electron chi connectivity index (χ4n) is 4.25. The van der Waals surface area contributed by atoms with E-state index in [4.69, 9.17) is 11.5 Å². The van der Waals surface area contributed by atoms with Gasteiger partial charge >= 0.3 is 0 Å². The van der Waals surface area contributed by atoms with Crippen molar-refractivity contribution < 1.29 is 4.79 Å². The van der Waals surface area contributed by atoms with Crippen LogP contribution in [0.25, 0.3) is 0 Å². The molecule has 0 radical (unpaired) electrons. The Hall–Kier alpha value is -2.96. The van der Waals surface area contributed by atoms with E-state index in [-0.39, 0.29) is 11.9 Å². The first-order chi connectivity index (χ1) is 13.6. The van der Waals surface area contributed by atoms with Gasteiger partial charge in [-0.1, -0.05) is 36.4 Å². The van der Waals surface area contributed by atoms with E-state index in [9.17, 15) is 4.79 Å². The van der Waals surface area contributed by atoms with Crippen molar-refractivity contribution in [2.24, 2.45) is 16.5 Å². The van der Waals surface area contributed by atoms with Crippen molar-refractivity contribution in [3.05, 3.63) is 59.6 Å². The minimum absolute atomic E-state index is 0.160. The van der Waals surface area contributed by atoms with Crippen LogP contribution >= 0.6 is 0 Å². The highest BCUT2D eigenvalue weighted by molar-refractivity contribution is 5.83. The summed E-state index contributed by atoms with van der Waals surface area (Å²) in [5.74, 6) is 1.41. The molecule has 148 valence electrons. The van der Waals surface area contributed by atoms with Crippen LogP contribution in [-0.4, -0.2) is 58.8 Å². The molecule has 3 aliphatic heterocycles. The molecular formula is C21H28N6O. The zero-order chi connectivity index (χ0) is 19.5. The molecule has 1 amide bonds. The molecule has 0 spiro atoms. The first kappa shape index (κ1) is 18.4. The monoisotopic (exact) mass is 380 g/mol. The van der Waals surface area contributed by atoms with Crippen LogP contribution in [0.5, 0.6) is 0 Å². The predicted octanol–water partition coefficient (Wildman–Crippen LogP) is 1.20. The van der Waals surface area contributed by atoms with E-state index < -0.39 is 0 Å². The van der Waals surface area contributed by atoms with Crippen molar-refractivity contribution >= 4 is 11.9 Å². The lowest BCUT2D eigenvalue weighted by Gasteiger charge is -2.38. The second-order valence-corrected chi connectivity index (χ2v) is 7.52. The molecule has 3 aliphatic rings. The van der Waals surface area contributed by atoms with E-state index in [0.29, 0.717) is 25.7 Å². The van der Waals surface area contributed by atoms with Gasteiger partial charge in [0.05, 0.1) is 18.8 Å². The molecule has 0 bridgehead atoms. The maximum atomic E-state index is 12.7. The standard InChI is InChI=1S/C21H28N6O/c22-21(23)24-11-5-4-8-17-9-10-18-20-25(12-13-26(17)18)15-19(28)27(20)14-16-6-2-1-3-7-16/h1-3,6-7,9-10,17H,4-5,8,11-15H2,(H4,22,23,24). The average Bonchev–Trinajstić information content (AvgIpc) is 3.23. The summed E-state index contributed by atoms with van der Waals surface area (Å²) in [5.41, 5.74) is 13.1. The van der Waals surface area contributed by atoms with Gasteiger partial charge in [-0.25, -0.2) is 0 Å². The van der Waals surface area contributed by atoms with Crippen LogP contribution in [0.4, 0.5) is 0 Å². The van der Waals surface area contributed by atoms with Crippen molar-refractivity contribution in [3.8, 4) is 0 Å². The summed E-state index contributed by atoms with van der Waals surface area (Å²) in [7, 11) is 0. The third kappa shape index (κ3) is 3.69. The molecule has 4 rings (SSSR count). The third-order valence-corrected chi connectivity index (χ3v) is 5.59. The van der Waals surface area contributed by atoms with Crippen molar-refractivity contribution in [1.29, 1.82) is 0 Å². The molecular weight excluding hydrogens is 352 g/mol. The first-order valence-corrected chi connectivity index (χ1v) is 9.97. The first-order valence-electron chi connectivity index (χ1n) is 9.97. The molecule has 0 aromatic heterocycles.